The highest BCUT2D eigenvalue weighted by molar-refractivity contribution is 6.13. The predicted molar refractivity (Wildman–Crippen MR) is 32.8 cm³/mol. The molecule has 0 saturated carbocycles. The van der Waals surface area contributed by atoms with Gasteiger partial charge in [-0.3, -0.25) is 0 Å². The molecule has 0 rings (SSSR count). The molecule has 0 radical (unpaired) electrons. The summed E-state index contributed by atoms with van der Waals surface area (Å²) in [4.78, 5) is 2.29. The van der Waals surface area contributed by atoms with Crippen molar-refractivity contribution in [2.24, 2.45) is 0 Å². The molecule has 0 amide bonds. The van der Waals surface area contributed by atoms with Crippen LogP contribution in [-0.2, 0) is 0 Å². The standard InChI is InChI=1S/C3H8ClNO.ClH/c1-3(6)2-5-4;/h3,5-6H,2H2,1H3;1H. The third-order valence-corrected chi connectivity index (χ3v) is 0.527. The van der Waals surface area contributed by atoms with Crippen LogP contribution < -0.4 is 4.84 Å². The van der Waals surface area contributed by atoms with E-state index < -0.39 is 0 Å². The zero-order valence-electron chi connectivity index (χ0n) is 4.02. The van der Waals surface area contributed by atoms with E-state index in [0.717, 1.165) is 0 Å². The average molecular weight is 146 g/mol. The van der Waals surface area contributed by atoms with Gasteiger partial charge in [-0.25, -0.2) is 4.84 Å². The van der Waals surface area contributed by atoms with Crippen molar-refractivity contribution < 1.29 is 5.11 Å². The molecule has 2 N–H and O–H groups in total. The van der Waals surface area contributed by atoms with Gasteiger partial charge in [0.05, 0.1) is 6.10 Å². The molecule has 0 fully saturated rings. The minimum Gasteiger partial charge on any atom is -0.392 e. The van der Waals surface area contributed by atoms with Gasteiger partial charge in [-0.1, -0.05) is 0 Å². The molecule has 0 aliphatic heterocycles. The largest absolute Gasteiger partial charge is 0.392 e. The summed E-state index contributed by atoms with van der Waals surface area (Å²) < 4.78 is 0. The van der Waals surface area contributed by atoms with Gasteiger partial charge in [-0.2, -0.15) is 0 Å². The van der Waals surface area contributed by atoms with Gasteiger partial charge in [-0.15, -0.1) is 12.4 Å². The Morgan fingerprint density at radius 3 is 2.29 bits per heavy atom. The van der Waals surface area contributed by atoms with E-state index >= 15 is 0 Å². The van der Waals surface area contributed by atoms with Crippen LogP contribution in [0.15, 0.2) is 0 Å². The van der Waals surface area contributed by atoms with Crippen molar-refractivity contribution in [3.63, 3.8) is 0 Å². The lowest BCUT2D eigenvalue weighted by Gasteiger charge is -1.95. The molecule has 0 aromatic rings. The summed E-state index contributed by atoms with van der Waals surface area (Å²) in [6, 6.07) is 0. The number of aliphatic hydroxyl groups excluding tert-OH is 1. The van der Waals surface area contributed by atoms with Gasteiger partial charge in [0.2, 0.25) is 0 Å². The van der Waals surface area contributed by atoms with Crippen LogP contribution in [-0.4, -0.2) is 17.8 Å². The first-order valence-corrected chi connectivity index (χ1v) is 2.16. The lowest BCUT2D eigenvalue weighted by atomic mass is 10.4. The number of nitrogens with one attached hydrogen (secondary N) is 1. The molecule has 1 atom stereocenters. The lowest BCUT2D eigenvalue weighted by Crippen LogP contribution is -2.15. The molecule has 46 valence electrons. The normalized spacial score (nSPS) is 12.4. The number of hydrogen-bond acceptors (Lipinski definition) is 2. The smallest absolute Gasteiger partial charge is 0.0649 e. The summed E-state index contributed by atoms with van der Waals surface area (Å²) in [7, 11) is 0. The Bertz CT molecular complexity index is 34.1. The number of hydrogen-bond donors (Lipinski definition) is 2. The summed E-state index contributed by atoms with van der Waals surface area (Å²) in [5.74, 6) is 0. The summed E-state index contributed by atoms with van der Waals surface area (Å²) in [5.41, 5.74) is 0. The van der Waals surface area contributed by atoms with Crippen LogP contribution in [0, 0.1) is 0 Å². The molecule has 7 heavy (non-hydrogen) atoms. The Morgan fingerprint density at radius 2 is 2.29 bits per heavy atom. The summed E-state index contributed by atoms with van der Waals surface area (Å²) >= 11 is 4.99. The molecular formula is C3H9Cl2NO. The fourth-order valence-electron chi connectivity index (χ4n) is 0.112. The quantitative estimate of drug-likeness (QED) is 0.557. The second-order valence-electron chi connectivity index (χ2n) is 1.19. The van der Waals surface area contributed by atoms with E-state index in [1.807, 2.05) is 0 Å². The highest BCUT2D eigenvalue weighted by atomic mass is 35.5. The molecule has 0 aromatic carbocycles. The first-order chi connectivity index (χ1) is 2.77. The first-order valence-electron chi connectivity index (χ1n) is 1.79. The molecular weight excluding hydrogens is 137 g/mol. The number of halogens is 2. The maximum absolute atomic E-state index is 8.41. The van der Waals surface area contributed by atoms with Crippen LogP contribution in [0.25, 0.3) is 0 Å². The topological polar surface area (TPSA) is 32.3 Å². The SMILES string of the molecule is CC(O)CNCl.Cl. The maximum atomic E-state index is 8.41. The summed E-state index contributed by atoms with van der Waals surface area (Å²) in [6.45, 7) is 2.11. The zero-order valence-corrected chi connectivity index (χ0v) is 5.59. The van der Waals surface area contributed by atoms with Crippen molar-refractivity contribution >= 4 is 24.2 Å². The lowest BCUT2D eigenvalue weighted by molar-refractivity contribution is 0.199. The van der Waals surface area contributed by atoms with Gasteiger partial charge >= 0.3 is 0 Å². The fourth-order valence-corrected chi connectivity index (χ4v) is 0.335. The molecule has 0 heterocycles. The molecule has 0 saturated heterocycles. The van der Waals surface area contributed by atoms with E-state index in [9.17, 15) is 0 Å². The number of aliphatic hydroxyl groups is 1. The van der Waals surface area contributed by atoms with E-state index in [0.29, 0.717) is 6.54 Å². The van der Waals surface area contributed by atoms with Crippen molar-refractivity contribution in [2.75, 3.05) is 6.54 Å². The van der Waals surface area contributed by atoms with E-state index in [1.54, 1.807) is 6.92 Å². The molecule has 4 heteroatoms. The predicted octanol–water partition coefficient (Wildman–Crippen LogP) is 0.532. The van der Waals surface area contributed by atoms with Gasteiger partial charge in [-0.05, 0) is 18.7 Å². The second kappa shape index (κ2) is 6.50. The molecule has 2 nitrogen and oxygen atoms in total. The third kappa shape index (κ3) is 10.7. The Labute approximate surface area is 54.4 Å². The monoisotopic (exact) mass is 145 g/mol. The second-order valence-corrected chi connectivity index (χ2v) is 1.45. The van der Waals surface area contributed by atoms with Crippen molar-refractivity contribution in [3.05, 3.63) is 0 Å². The summed E-state index contributed by atoms with van der Waals surface area (Å²) in [6.07, 6.45) is -0.345. The highest BCUT2D eigenvalue weighted by Crippen LogP contribution is 1.73. The van der Waals surface area contributed by atoms with Gasteiger partial charge in [0.1, 0.15) is 0 Å². The molecule has 1 unspecified atom stereocenters. The van der Waals surface area contributed by atoms with Crippen molar-refractivity contribution in [3.8, 4) is 0 Å². The molecule has 0 spiro atoms. The minimum absolute atomic E-state index is 0. The van der Waals surface area contributed by atoms with Crippen LogP contribution in [0.5, 0.6) is 0 Å². The first kappa shape index (κ1) is 10.5. The zero-order chi connectivity index (χ0) is 4.99. The Balaban J connectivity index is 0. The van der Waals surface area contributed by atoms with Crippen molar-refractivity contribution in [1.82, 2.24) is 4.84 Å². The summed E-state index contributed by atoms with van der Waals surface area (Å²) in [5, 5.41) is 8.41. The Kier molecular flexibility index (Phi) is 9.73. The fraction of sp³-hybridized carbons (Fsp3) is 1.00. The van der Waals surface area contributed by atoms with Crippen LogP contribution in [0.2, 0.25) is 0 Å². The van der Waals surface area contributed by atoms with Crippen LogP contribution in [0.1, 0.15) is 6.92 Å². The van der Waals surface area contributed by atoms with Crippen LogP contribution >= 0.6 is 24.2 Å². The van der Waals surface area contributed by atoms with E-state index in [-0.39, 0.29) is 18.5 Å². The third-order valence-electron chi connectivity index (χ3n) is 0.373. The van der Waals surface area contributed by atoms with Gasteiger partial charge in [0.25, 0.3) is 0 Å². The average Bonchev–Trinajstić information content (AvgIpc) is 1.35. The van der Waals surface area contributed by atoms with E-state index in [2.05, 4.69) is 4.84 Å². The molecule has 0 aromatic heterocycles. The van der Waals surface area contributed by atoms with Gasteiger partial charge in [0, 0.05) is 6.54 Å². The van der Waals surface area contributed by atoms with E-state index in [4.69, 9.17) is 16.9 Å². The number of rotatable bonds is 2. The van der Waals surface area contributed by atoms with E-state index in [1.165, 1.54) is 0 Å². The van der Waals surface area contributed by atoms with Crippen molar-refractivity contribution in [2.45, 2.75) is 13.0 Å². The minimum atomic E-state index is -0.345. The Hall–Kier alpha value is 0.500. The molecule has 0 aliphatic rings. The van der Waals surface area contributed by atoms with Crippen LogP contribution in [0.3, 0.4) is 0 Å². The molecule has 0 bridgehead atoms. The van der Waals surface area contributed by atoms with Crippen LogP contribution in [0.4, 0.5) is 0 Å². The van der Waals surface area contributed by atoms with Crippen molar-refractivity contribution in [1.29, 1.82) is 0 Å². The van der Waals surface area contributed by atoms with Gasteiger partial charge in [0.15, 0.2) is 0 Å². The maximum Gasteiger partial charge on any atom is 0.0649 e. The highest BCUT2D eigenvalue weighted by Gasteiger charge is 1.87. The van der Waals surface area contributed by atoms with Gasteiger partial charge < -0.3 is 5.11 Å². The Morgan fingerprint density at radius 1 is 1.86 bits per heavy atom. The molecule has 0 aliphatic carbocycles.